The van der Waals surface area contributed by atoms with Crippen LogP contribution in [0.3, 0.4) is 0 Å². The molecule has 0 aliphatic carbocycles. The molecule has 2 saturated heterocycles. The Morgan fingerprint density at radius 1 is 1.28 bits per heavy atom. The summed E-state index contributed by atoms with van der Waals surface area (Å²) in [6.45, 7) is 8.23. The minimum absolute atomic E-state index is 0.235. The average molecular weight is 253 g/mol. The molecule has 0 radical (unpaired) electrons. The summed E-state index contributed by atoms with van der Waals surface area (Å²) in [5, 5.41) is 0. The second-order valence-electron chi connectivity index (χ2n) is 6.51. The number of carbonyl (C=O) groups excluding carboxylic acids is 1. The quantitative estimate of drug-likeness (QED) is 0.822. The SMILES string of the molecule is CC(C)(N)CCC(=O)N1CCCN2CCCC2C1. The van der Waals surface area contributed by atoms with Gasteiger partial charge in [0.05, 0.1) is 0 Å². The van der Waals surface area contributed by atoms with Crippen molar-refractivity contribution in [3.8, 4) is 0 Å². The predicted molar refractivity (Wildman–Crippen MR) is 73.3 cm³/mol. The van der Waals surface area contributed by atoms with Crippen molar-refractivity contribution in [1.29, 1.82) is 0 Å². The highest BCUT2D eigenvalue weighted by Gasteiger charge is 2.30. The molecule has 4 heteroatoms. The summed E-state index contributed by atoms with van der Waals surface area (Å²) in [7, 11) is 0. The van der Waals surface area contributed by atoms with Crippen LogP contribution in [0, 0.1) is 0 Å². The van der Waals surface area contributed by atoms with Gasteiger partial charge in [-0.15, -0.1) is 0 Å². The van der Waals surface area contributed by atoms with E-state index in [-0.39, 0.29) is 5.54 Å². The van der Waals surface area contributed by atoms with Crippen LogP contribution in [-0.2, 0) is 4.79 Å². The second kappa shape index (κ2) is 5.57. The van der Waals surface area contributed by atoms with Gasteiger partial charge in [-0.3, -0.25) is 9.69 Å². The fourth-order valence-corrected chi connectivity index (χ4v) is 3.02. The summed E-state index contributed by atoms with van der Waals surface area (Å²) < 4.78 is 0. The third-order valence-electron chi connectivity index (χ3n) is 4.14. The third-order valence-corrected chi connectivity index (χ3v) is 4.14. The monoisotopic (exact) mass is 253 g/mol. The Hall–Kier alpha value is -0.610. The molecule has 2 aliphatic rings. The van der Waals surface area contributed by atoms with Crippen LogP contribution in [0.25, 0.3) is 0 Å². The maximum atomic E-state index is 12.2. The maximum Gasteiger partial charge on any atom is 0.222 e. The lowest BCUT2D eigenvalue weighted by atomic mass is 9.99. The Balaban J connectivity index is 1.86. The first-order chi connectivity index (χ1) is 8.46. The topological polar surface area (TPSA) is 49.6 Å². The summed E-state index contributed by atoms with van der Waals surface area (Å²) >= 11 is 0. The molecule has 104 valence electrons. The van der Waals surface area contributed by atoms with E-state index < -0.39 is 0 Å². The van der Waals surface area contributed by atoms with Gasteiger partial charge < -0.3 is 10.6 Å². The van der Waals surface area contributed by atoms with Crippen LogP contribution in [0.2, 0.25) is 0 Å². The molecule has 0 saturated carbocycles. The number of amides is 1. The lowest BCUT2D eigenvalue weighted by Gasteiger charge is -2.27. The van der Waals surface area contributed by atoms with Gasteiger partial charge in [0.1, 0.15) is 0 Å². The molecule has 1 amide bonds. The number of hydrogen-bond acceptors (Lipinski definition) is 3. The van der Waals surface area contributed by atoms with E-state index in [4.69, 9.17) is 5.73 Å². The van der Waals surface area contributed by atoms with Gasteiger partial charge in [0, 0.05) is 37.6 Å². The predicted octanol–water partition coefficient (Wildman–Crippen LogP) is 1.20. The minimum Gasteiger partial charge on any atom is -0.341 e. The van der Waals surface area contributed by atoms with Crippen LogP contribution in [0.15, 0.2) is 0 Å². The molecule has 18 heavy (non-hydrogen) atoms. The van der Waals surface area contributed by atoms with Crippen LogP contribution in [0.1, 0.15) is 46.0 Å². The molecule has 0 bridgehead atoms. The number of fused-ring (bicyclic) bond motifs is 1. The van der Waals surface area contributed by atoms with Gasteiger partial charge in [0.2, 0.25) is 5.91 Å². The van der Waals surface area contributed by atoms with Crippen molar-refractivity contribution in [2.24, 2.45) is 5.73 Å². The lowest BCUT2D eigenvalue weighted by Crippen LogP contribution is -2.41. The van der Waals surface area contributed by atoms with Gasteiger partial charge in [-0.05, 0) is 46.1 Å². The van der Waals surface area contributed by atoms with Crippen molar-refractivity contribution in [1.82, 2.24) is 9.80 Å². The molecule has 2 aliphatic heterocycles. The number of hydrogen-bond donors (Lipinski definition) is 1. The number of nitrogens with two attached hydrogens (primary N) is 1. The van der Waals surface area contributed by atoms with E-state index in [0.717, 1.165) is 32.5 Å². The van der Waals surface area contributed by atoms with Crippen LogP contribution in [0.5, 0.6) is 0 Å². The molecule has 0 aromatic rings. The van der Waals surface area contributed by atoms with Gasteiger partial charge in [0.15, 0.2) is 0 Å². The molecule has 1 unspecified atom stereocenters. The highest BCUT2D eigenvalue weighted by atomic mass is 16.2. The van der Waals surface area contributed by atoms with E-state index in [2.05, 4.69) is 9.80 Å². The van der Waals surface area contributed by atoms with Gasteiger partial charge in [-0.2, -0.15) is 0 Å². The first kappa shape index (κ1) is 13.8. The molecule has 0 aromatic carbocycles. The van der Waals surface area contributed by atoms with Crippen LogP contribution in [-0.4, -0.2) is 53.5 Å². The first-order valence-electron chi connectivity index (χ1n) is 7.26. The Morgan fingerprint density at radius 2 is 2.00 bits per heavy atom. The number of rotatable bonds is 3. The summed E-state index contributed by atoms with van der Waals surface area (Å²) in [6, 6.07) is 0.613. The molecule has 0 aromatic heterocycles. The molecule has 1 atom stereocenters. The number of nitrogens with zero attached hydrogens (tertiary/aromatic N) is 2. The third kappa shape index (κ3) is 3.69. The zero-order chi connectivity index (χ0) is 13.2. The van der Waals surface area contributed by atoms with E-state index >= 15 is 0 Å². The molecular weight excluding hydrogens is 226 g/mol. The van der Waals surface area contributed by atoms with Gasteiger partial charge >= 0.3 is 0 Å². The standard InChI is InChI=1S/C14H27N3O/c1-14(2,15)7-6-13(18)17-10-4-9-16-8-3-5-12(16)11-17/h12H,3-11,15H2,1-2H3. The molecule has 0 spiro atoms. The molecule has 2 heterocycles. The lowest BCUT2D eigenvalue weighted by molar-refractivity contribution is -0.131. The molecule has 4 nitrogen and oxygen atoms in total. The highest BCUT2D eigenvalue weighted by molar-refractivity contribution is 5.76. The van der Waals surface area contributed by atoms with E-state index in [9.17, 15) is 4.79 Å². The second-order valence-corrected chi connectivity index (χ2v) is 6.51. The Bertz CT molecular complexity index is 298. The van der Waals surface area contributed by atoms with Crippen molar-refractivity contribution in [2.75, 3.05) is 26.2 Å². The van der Waals surface area contributed by atoms with Gasteiger partial charge in [-0.1, -0.05) is 0 Å². The highest BCUT2D eigenvalue weighted by Crippen LogP contribution is 2.22. The Morgan fingerprint density at radius 3 is 2.72 bits per heavy atom. The summed E-state index contributed by atoms with van der Waals surface area (Å²) in [5.74, 6) is 0.294. The first-order valence-corrected chi connectivity index (χ1v) is 7.26. The normalized spacial score (nSPS) is 25.9. The van der Waals surface area contributed by atoms with Crippen molar-refractivity contribution < 1.29 is 4.79 Å². The molecule has 2 rings (SSSR count). The minimum atomic E-state index is -0.235. The maximum absolute atomic E-state index is 12.2. The van der Waals surface area contributed by atoms with Crippen LogP contribution < -0.4 is 5.73 Å². The van der Waals surface area contributed by atoms with Crippen molar-refractivity contribution >= 4 is 5.91 Å². The fraction of sp³-hybridized carbons (Fsp3) is 0.929. The molecule has 2 fully saturated rings. The van der Waals surface area contributed by atoms with E-state index in [0.29, 0.717) is 18.4 Å². The van der Waals surface area contributed by atoms with Crippen molar-refractivity contribution in [2.45, 2.75) is 57.5 Å². The fourth-order valence-electron chi connectivity index (χ4n) is 3.02. The number of carbonyl (C=O) groups is 1. The Labute approximate surface area is 110 Å². The van der Waals surface area contributed by atoms with Crippen molar-refractivity contribution in [3.63, 3.8) is 0 Å². The van der Waals surface area contributed by atoms with Crippen molar-refractivity contribution in [3.05, 3.63) is 0 Å². The Kier molecular flexibility index (Phi) is 4.28. The summed E-state index contributed by atoms with van der Waals surface area (Å²) in [4.78, 5) is 16.9. The largest absolute Gasteiger partial charge is 0.341 e. The van der Waals surface area contributed by atoms with Gasteiger partial charge in [0.25, 0.3) is 0 Å². The van der Waals surface area contributed by atoms with Crippen LogP contribution >= 0.6 is 0 Å². The average Bonchev–Trinajstić information content (AvgIpc) is 2.62. The zero-order valence-electron chi connectivity index (χ0n) is 11.8. The summed E-state index contributed by atoms with van der Waals surface area (Å²) in [5.41, 5.74) is 5.72. The molecular formula is C14H27N3O. The summed E-state index contributed by atoms with van der Waals surface area (Å²) in [6.07, 6.45) is 5.04. The van der Waals surface area contributed by atoms with Gasteiger partial charge in [-0.25, -0.2) is 0 Å². The zero-order valence-corrected chi connectivity index (χ0v) is 11.8. The van der Waals surface area contributed by atoms with E-state index in [1.54, 1.807) is 0 Å². The smallest absolute Gasteiger partial charge is 0.222 e. The van der Waals surface area contributed by atoms with Crippen LogP contribution in [0.4, 0.5) is 0 Å². The molecule has 2 N–H and O–H groups in total. The van der Waals surface area contributed by atoms with E-state index in [1.165, 1.54) is 19.4 Å². The van der Waals surface area contributed by atoms with E-state index in [1.807, 2.05) is 13.8 Å².